The molecule has 3 aromatic rings. The Morgan fingerprint density at radius 2 is 1.97 bits per heavy atom. The molecule has 2 aromatic carbocycles. The van der Waals surface area contributed by atoms with E-state index in [0.717, 1.165) is 41.7 Å². The van der Waals surface area contributed by atoms with Gasteiger partial charge in [0.15, 0.2) is 5.75 Å². The fraction of sp³-hybridized carbons (Fsp3) is 0.192. The van der Waals surface area contributed by atoms with E-state index in [-0.39, 0.29) is 5.57 Å². The van der Waals surface area contributed by atoms with Gasteiger partial charge in [0.25, 0.3) is 5.91 Å². The predicted molar refractivity (Wildman–Crippen MR) is 138 cm³/mol. The maximum Gasteiger partial charge on any atom is 0.266 e. The molecule has 0 radical (unpaired) electrons. The number of fused-ring (bicyclic) bond motifs is 1. The molecule has 5 nitrogen and oxygen atoms in total. The minimum absolute atomic E-state index is 0.0869. The minimum Gasteiger partial charge on any atom is -0.486 e. The fourth-order valence-electron chi connectivity index (χ4n) is 3.79. The molecule has 8 heteroatoms. The third-order valence-corrected chi connectivity index (χ3v) is 7.51. The van der Waals surface area contributed by atoms with Crippen LogP contribution in [0.15, 0.2) is 52.5 Å². The van der Waals surface area contributed by atoms with E-state index in [2.05, 4.69) is 27.3 Å². The Bertz CT molecular complexity index is 1330. The number of halogens is 2. The number of amides is 1. The van der Waals surface area contributed by atoms with E-state index in [4.69, 9.17) is 16.3 Å². The van der Waals surface area contributed by atoms with Crippen LogP contribution in [-0.2, 0) is 24.2 Å². The quantitative estimate of drug-likeness (QED) is 0.262. The molecule has 4 rings (SSSR count). The first-order valence-electron chi connectivity index (χ1n) is 10.6. The summed E-state index contributed by atoms with van der Waals surface area (Å²) >= 11 is 11.3. The lowest BCUT2D eigenvalue weighted by Gasteiger charge is -2.11. The van der Waals surface area contributed by atoms with Crippen LogP contribution in [0.4, 0.5) is 5.00 Å². The van der Waals surface area contributed by atoms with Gasteiger partial charge in [0, 0.05) is 4.88 Å². The zero-order valence-electron chi connectivity index (χ0n) is 18.0. The first-order chi connectivity index (χ1) is 16.5. The van der Waals surface area contributed by atoms with Crippen molar-refractivity contribution in [2.75, 3.05) is 5.32 Å². The summed E-state index contributed by atoms with van der Waals surface area (Å²) in [7, 11) is 0. The van der Waals surface area contributed by atoms with Gasteiger partial charge in [0.05, 0.1) is 15.1 Å². The van der Waals surface area contributed by atoms with Crippen LogP contribution >= 0.6 is 38.9 Å². The summed E-state index contributed by atoms with van der Waals surface area (Å²) in [6.45, 7) is 0.353. The van der Waals surface area contributed by atoms with Gasteiger partial charge in [-0.3, -0.25) is 4.79 Å². The highest BCUT2D eigenvalue weighted by atomic mass is 79.9. The van der Waals surface area contributed by atoms with Crippen LogP contribution in [0.1, 0.15) is 40.0 Å². The Balaban J connectivity index is 1.53. The summed E-state index contributed by atoms with van der Waals surface area (Å²) in [6, 6.07) is 17.3. The van der Waals surface area contributed by atoms with Gasteiger partial charge in [-0.15, -0.1) is 11.3 Å². The first-order valence-corrected chi connectivity index (χ1v) is 12.6. The van der Waals surface area contributed by atoms with Crippen molar-refractivity contribution in [2.24, 2.45) is 0 Å². The molecule has 1 amide bonds. The van der Waals surface area contributed by atoms with Gasteiger partial charge in [0.2, 0.25) is 0 Å². The standard InChI is InChI=1S/C26H19BrClN3O2S/c27-21-11-17(12-22(28)24(21)33-15-16-6-2-1-3-7-16)10-18(13-29)25(32)31-26-20(14-30)19-8-4-5-9-23(19)34-26/h1-3,6-7,10-12H,4-5,8-9,15H2,(H,31,32)/b18-10+. The molecule has 1 aromatic heterocycles. The molecule has 0 atom stereocenters. The molecule has 0 aliphatic heterocycles. The van der Waals surface area contributed by atoms with E-state index in [9.17, 15) is 15.3 Å². The molecule has 170 valence electrons. The molecule has 34 heavy (non-hydrogen) atoms. The topological polar surface area (TPSA) is 85.9 Å². The van der Waals surface area contributed by atoms with Gasteiger partial charge in [-0.25, -0.2) is 0 Å². The number of nitrogens with zero attached hydrogens (tertiary/aromatic N) is 2. The Kier molecular flexibility index (Phi) is 7.70. The summed E-state index contributed by atoms with van der Waals surface area (Å²) in [4.78, 5) is 14.0. The average Bonchev–Trinajstić information content (AvgIpc) is 3.19. The maximum absolute atomic E-state index is 12.9. The molecule has 1 heterocycles. The van der Waals surface area contributed by atoms with Gasteiger partial charge in [-0.2, -0.15) is 10.5 Å². The Morgan fingerprint density at radius 1 is 1.21 bits per heavy atom. The number of hydrogen-bond acceptors (Lipinski definition) is 5. The van der Waals surface area contributed by atoms with Crippen LogP contribution in [0.2, 0.25) is 5.02 Å². The zero-order valence-corrected chi connectivity index (χ0v) is 21.2. The second-order valence-electron chi connectivity index (χ2n) is 7.74. The van der Waals surface area contributed by atoms with Crippen molar-refractivity contribution in [3.63, 3.8) is 0 Å². The number of hydrogen-bond donors (Lipinski definition) is 1. The summed E-state index contributed by atoms with van der Waals surface area (Å²) in [5.41, 5.74) is 3.03. The fourth-order valence-corrected chi connectivity index (χ4v) is 6.01. The molecule has 0 saturated heterocycles. The molecular formula is C26H19BrClN3O2S. The normalized spacial score (nSPS) is 12.9. The second kappa shape index (κ2) is 10.9. The minimum atomic E-state index is -0.561. The third kappa shape index (κ3) is 5.34. The van der Waals surface area contributed by atoms with Crippen molar-refractivity contribution in [3.05, 3.63) is 84.7 Å². The number of anilines is 1. The lowest BCUT2D eigenvalue weighted by molar-refractivity contribution is -0.112. The van der Waals surface area contributed by atoms with Gasteiger partial charge >= 0.3 is 0 Å². The van der Waals surface area contributed by atoms with Crippen molar-refractivity contribution in [1.82, 2.24) is 0 Å². The smallest absolute Gasteiger partial charge is 0.266 e. The summed E-state index contributed by atoms with van der Waals surface area (Å²) in [6.07, 6.45) is 5.34. The van der Waals surface area contributed by atoms with Crippen molar-refractivity contribution < 1.29 is 9.53 Å². The molecule has 1 N–H and O–H groups in total. The van der Waals surface area contributed by atoms with E-state index < -0.39 is 5.91 Å². The first kappa shape index (κ1) is 24.0. The lowest BCUT2D eigenvalue weighted by atomic mass is 9.96. The van der Waals surface area contributed by atoms with Gasteiger partial charge in [0.1, 0.15) is 29.3 Å². The number of thiophene rings is 1. The monoisotopic (exact) mass is 551 g/mol. The number of aryl methyl sites for hydroxylation is 1. The number of nitriles is 2. The van der Waals surface area contributed by atoms with Gasteiger partial charge < -0.3 is 10.1 Å². The van der Waals surface area contributed by atoms with Crippen LogP contribution in [-0.4, -0.2) is 5.91 Å². The highest BCUT2D eigenvalue weighted by Gasteiger charge is 2.23. The van der Waals surface area contributed by atoms with Crippen LogP contribution in [0.3, 0.4) is 0 Å². The third-order valence-electron chi connectivity index (χ3n) is 5.43. The van der Waals surface area contributed by atoms with Crippen molar-refractivity contribution in [2.45, 2.75) is 32.3 Å². The highest BCUT2D eigenvalue weighted by molar-refractivity contribution is 9.10. The number of benzene rings is 2. The molecule has 0 saturated carbocycles. The van der Waals surface area contributed by atoms with Crippen LogP contribution in [0.25, 0.3) is 6.08 Å². The average molecular weight is 553 g/mol. The molecular weight excluding hydrogens is 534 g/mol. The molecule has 0 fully saturated rings. The lowest BCUT2D eigenvalue weighted by Crippen LogP contribution is -2.13. The highest BCUT2D eigenvalue weighted by Crippen LogP contribution is 2.38. The van der Waals surface area contributed by atoms with Gasteiger partial charge in [-0.1, -0.05) is 41.9 Å². The van der Waals surface area contributed by atoms with Crippen LogP contribution < -0.4 is 10.1 Å². The van der Waals surface area contributed by atoms with E-state index in [1.165, 1.54) is 17.4 Å². The molecule has 0 bridgehead atoms. The maximum atomic E-state index is 12.9. The number of carbonyl (C=O) groups excluding carboxylic acids is 1. The molecule has 0 spiro atoms. The summed E-state index contributed by atoms with van der Waals surface area (Å²) in [5, 5.41) is 22.8. The number of rotatable bonds is 6. The Hall–Kier alpha value is -3.10. The van der Waals surface area contributed by atoms with Crippen molar-refractivity contribution in [3.8, 4) is 17.9 Å². The SMILES string of the molecule is N#C/C(=C\c1cc(Cl)c(OCc2ccccc2)c(Br)c1)C(=O)Nc1sc2c(c1C#N)CCCC2. The predicted octanol–water partition coefficient (Wildman–Crippen LogP) is 7.04. The molecule has 1 aliphatic rings. The number of ether oxygens (including phenoxy) is 1. The zero-order chi connectivity index (χ0) is 24.1. The Morgan fingerprint density at radius 3 is 2.68 bits per heavy atom. The van der Waals surface area contributed by atoms with E-state index in [0.29, 0.717) is 38.0 Å². The number of carbonyl (C=O) groups is 1. The summed E-state index contributed by atoms with van der Waals surface area (Å²) < 4.78 is 6.47. The Labute approximate surface area is 215 Å². The van der Waals surface area contributed by atoms with E-state index in [1.807, 2.05) is 36.4 Å². The van der Waals surface area contributed by atoms with Crippen molar-refractivity contribution >= 4 is 55.9 Å². The van der Waals surface area contributed by atoms with Crippen LogP contribution in [0.5, 0.6) is 5.75 Å². The van der Waals surface area contributed by atoms with Crippen LogP contribution in [0, 0.1) is 22.7 Å². The van der Waals surface area contributed by atoms with E-state index in [1.54, 1.807) is 12.1 Å². The van der Waals surface area contributed by atoms with Crippen molar-refractivity contribution in [1.29, 1.82) is 10.5 Å². The van der Waals surface area contributed by atoms with E-state index >= 15 is 0 Å². The molecule has 1 aliphatic carbocycles. The summed E-state index contributed by atoms with van der Waals surface area (Å²) in [5.74, 6) is -0.0808. The number of nitrogens with one attached hydrogen (secondary N) is 1. The largest absolute Gasteiger partial charge is 0.486 e. The molecule has 0 unspecified atom stereocenters. The second-order valence-corrected chi connectivity index (χ2v) is 10.1. The van der Waals surface area contributed by atoms with Gasteiger partial charge in [-0.05, 0) is 76.5 Å².